The molecule has 0 saturated carbocycles. The Bertz CT molecular complexity index is 1370. The van der Waals surface area contributed by atoms with Crippen LogP contribution in [-0.2, 0) is 11.3 Å². The Morgan fingerprint density at radius 2 is 1.78 bits per heavy atom. The van der Waals surface area contributed by atoms with E-state index in [1.54, 1.807) is 24.3 Å². The lowest BCUT2D eigenvalue weighted by Gasteiger charge is -2.39. The second-order valence-electron chi connectivity index (χ2n) is 11.4. The molecule has 4 heterocycles. The van der Waals surface area contributed by atoms with E-state index in [4.69, 9.17) is 14.7 Å². The van der Waals surface area contributed by atoms with Gasteiger partial charge >= 0.3 is 6.03 Å². The molecule has 0 spiro atoms. The van der Waals surface area contributed by atoms with Crippen molar-refractivity contribution in [2.75, 3.05) is 32.8 Å². The first-order valence-corrected chi connectivity index (χ1v) is 14.7. The molecule has 1 atom stereocenters. The second-order valence-corrected chi connectivity index (χ2v) is 11.4. The molecular weight excluding hydrogens is 514 g/mol. The van der Waals surface area contributed by atoms with Gasteiger partial charge in [-0.15, -0.1) is 0 Å². The number of ether oxygens (including phenoxy) is 2. The van der Waals surface area contributed by atoms with Gasteiger partial charge in [-0.3, -0.25) is 4.90 Å². The zero-order chi connectivity index (χ0) is 28.2. The highest BCUT2D eigenvalue weighted by Crippen LogP contribution is 2.37. The number of likely N-dealkylation sites (tertiary alicyclic amines) is 1. The van der Waals surface area contributed by atoms with Crippen molar-refractivity contribution in [3.63, 3.8) is 0 Å². The predicted molar refractivity (Wildman–Crippen MR) is 155 cm³/mol. The van der Waals surface area contributed by atoms with Crippen LogP contribution in [0.3, 0.4) is 0 Å². The van der Waals surface area contributed by atoms with Crippen LogP contribution in [0.5, 0.6) is 11.6 Å². The number of rotatable bonds is 7. The summed E-state index contributed by atoms with van der Waals surface area (Å²) in [5.74, 6) is 1.18. The molecule has 0 aliphatic carbocycles. The lowest BCUT2D eigenvalue weighted by molar-refractivity contribution is 0.0493. The Hall–Kier alpha value is -3.93. The summed E-state index contributed by atoms with van der Waals surface area (Å²) in [6.07, 6.45) is 5.63. The summed E-state index contributed by atoms with van der Waals surface area (Å²) in [6.45, 7) is 7.06. The van der Waals surface area contributed by atoms with E-state index in [0.29, 0.717) is 17.2 Å². The average Bonchev–Trinajstić information content (AvgIpc) is 3.36. The normalized spacial score (nSPS) is 20.8. The largest absolute Gasteiger partial charge is 0.439 e. The maximum atomic E-state index is 13.9. The number of hydrogen-bond donors (Lipinski definition) is 0. The van der Waals surface area contributed by atoms with Crippen LogP contribution < -0.4 is 4.74 Å². The summed E-state index contributed by atoms with van der Waals surface area (Å²) in [6, 6.07) is 22.5. The number of piperidine rings is 1. The Morgan fingerprint density at radius 1 is 1.00 bits per heavy atom. The third-order valence-corrected chi connectivity index (χ3v) is 8.59. The smallest absolute Gasteiger partial charge is 0.321 e. The number of amides is 2. The van der Waals surface area contributed by atoms with Crippen LogP contribution in [0, 0.1) is 18.3 Å². The van der Waals surface area contributed by atoms with Gasteiger partial charge < -0.3 is 19.3 Å². The van der Waals surface area contributed by atoms with E-state index in [1.165, 1.54) is 11.1 Å². The minimum absolute atomic E-state index is 0.0923. The zero-order valence-corrected chi connectivity index (χ0v) is 23.6. The highest BCUT2D eigenvalue weighted by Gasteiger charge is 2.45. The standard InChI is InChI=1S/C33H37N5O3/c1-24-3-2-4-27(19-24)31-23-37(28-13-17-40-18-14-28)33(39)38(31)29-11-15-36(16-12-29)22-26-7-10-32(35-21-26)41-30-8-5-25(20-34)6-9-30/h2-10,19,21,28-29,31H,11-18,22-23H2,1H3. The number of nitrogens with zero attached hydrogens (tertiary/aromatic N) is 5. The van der Waals surface area contributed by atoms with E-state index in [2.05, 4.69) is 63.0 Å². The van der Waals surface area contributed by atoms with Gasteiger partial charge in [-0.2, -0.15) is 5.26 Å². The van der Waals surface area contributed by atoms with Gasteiger partial charge in [0.15, 0.2) is 0 Å². The van der Waals surface area contributed by atoms with E-state index in [9.17, 15) is 4.79 Å². The van der Waals surface area contributed by atoms with Gasteiger partial charge in [-0.25, -0.2) is 9.78 Å². The number of hydrogen-bond acceptors (Lipinski definition) is 6. The Kier molecular flexibility index (Phi) is 8.17. The van der Waals surface area contributed by atoms with E-state index in [-0.39, 0.29) is 24.2 Å². The molecule has 1 unspecified atom stereocenters. The minimum Gasteiger partial charge on any atom is -0.439 e. The van der Waals surface area contributed by atoms with Crippen molar-refractivity contribution in [2.45, 2.75) is 57.3 Å². The number of carbonyl (C=O) groups excluding carboxylic acids is 1. The first kappa shape index (κ1) is 27.3. The van der Waals surface area contributed by atoms with Crippen molar-refractivity contribution < 1.29 is 14.3 Å². The number of carbonyl (C=O) groups is 1. The number of nitriles is 1. The topological polar surface area (TPSA) is 81.9 Å². The van der Waals surface area contributed by atoms with Crippen LogP contribution in [0.15, 0.2) is 66.9 Å². The number of pyridine rings is 1. The first-order chi connectivity index (χ1) is 20.1. The molecule has 0 radical (unpaired) electrons. The monoisotopic (exact) mass is 551 g/mol. The highest BCUT2D eigenvalue weighted by atomic mass is 16.5. The van der Waals surface area contributed by atoms with Gasteiger partial charge in [0.2, 0.25) is 5.88 Å². The Morgan fingerprint density at radius 3 is 2.46 bits per heavy atom. The van der Waals surface area contributed by atoms with Gasteiger partial charge in [-0.1, -0.05) is 35.9 Å². The van der Waals surface area contributed by atoms with Crippen LogP contribution in [-0.4, -0.2) is 70.6 Å². The van der Waals surface area contributed by atoms with Crippen molar-refractivity contribution in [1.29, 1.82) is 5.26 Å². The van der Waals surface area contributed by atoms with Crippen LogP contribution in [0.1, 0.15) is 54.0 Å². The SMILES string of the molecule is Cc1cccc(C2CN(C3CCOCC3)C(=O)N2C2CCN(Cc3ccc(Oc4ccc(C#N)cc4)nc3)CC2)c1. The first-order valence-electron chi connectivity index (χ1n) is 14.7. The summed E-state index contributed by atoms with van der Waals surface area (Å²) in [7, 11) is 0. The van der Waals surface area contributed by atoms with E-state index >= 15 is 0 Å². The van der Waals surface area contributed by atoms with Crippen LogP contribution in [0.25, 0.3) is 0 Å². The molecule has 3 aliphatic rings. The van der Waals surface area contributed by atoms with Crippen molar-refractivity contribution in [2.24, 2.45) is 0 Å². The summed E-state index contributed by atoms with van der Waals surface area (Å²) in [5, 5.41) is 8.96. The number of aromatic nitrogens is 1. The van der Waals surface area contributed by atoms with Crippen LogP contribution in [0.2, 0.25) is 0 Å². The van der Waals surface area contributed by atoms with Gasteiger partial charge in [0.25, 0.3) is 0 Å². The zero-order valence-electron chi connectivity index (χ0n) is 23.6. The molecule has 6 rings (SSSR count). The molecule has 8 heteroatoms. The average molecular weight is 552 g/mol. The molecule has 212 valence electrons. The molecule has 8 nitrogen and oxygen atoms in total. The van der Waals surface area contributed by atoms with Crippen molar-refractivity contribution >= 4 is 6.03 Å². The molecule has 3 saturated heterocycles. The van der Waals surface area contributed by atoms with E-state index in [0.717, 1.165) is 70.6 Å². The summed E-state index contributed by atoms with van der Waals surface area (Å²) >= 11 is 0. The summed E-state index contributed by atoms with van der Waals surface area (Å²) in [5.41, 5.74) is 4.21. The quantitative estimate of drug-likeness (QED) is 0.376. The lowest BCUT2D eigenvalue weighted by Crippen LogP contribution is -2.48. The van der Waals surface area contributed by atoms with Crippen molar-refractivity contribution in [3.8, 4) is 17.7 Å². The van der Waals surface area contributed by atoms with Gasteiger partial charge in [0, 0.05) is 63.7 Å². The van der Waals surface area contributed by atoms with Crippen LogP contribution >= 0.6 is 0 Å². The number of benzene rings is 2. The number of urea groups is 1. The second kappa shape index (κ2) is 12.3. The highest BCUT2D eigenvalue weighted by molar-refractivity contribution is 5.78. The van der Waals surface area contributed by atoms with Gasteiger partial charge in [0.05, 0.1) is 17.7 Å². The minimum atomic E-state index is 0.0923. The maximum Gasteiger partial charge on any atom is 0.321 e. The predicted octanol–water partition coefficient (Wildman–Crippen LogP) is 5.68. The molecule has 1 aromatic heterocycles. The molecule has 0 bridgehead atoms. The fourth-order valence-electron chi connectivity index (χ4n) is 6.39. The Balaban J connectivity index is 1.08. The Labute approximate surface area is 242 Å². The molecule has 3 fully saturated rings. The molecule has 3 aromatic rings. The molecular formula is C33H37N5O3. The molecule has 0 N–H and O–H groups in total. The fraction of sp³-hybridized carbons (Fsp3) is 0.424. The van der Waals surface area contributed by atoms with Crippen molar-refractivity contribution in [3.05, 3.63) is 89.1 Å². The molecule has 2 amide bonds. The fourth-order valence-corrected chi connectivity index (χ4v) is 6.39. The number of aryl methyl sites for hydroxylation is 1. The van der Waals surface area contributed by atoms with E-state index < -0.39 is 0 Å². The summed E-state index contributed by atoms with van der Waals surface area (Å²) in [4.78, 5) is 25.2. The molecule has 3 aliphatic heterocycles. The lowest BCUT2D eigenvalue weighted by atomic mass is 9.98. The third kappa shape index (κ3) is 6.22. The van der Waals surface area contributed by atoms with Gasteiger partial charge in [0.1, 0.15) is 5.75 Å². The summed E-state index contributed by atoms with van der Waals surface area (Å²) < 4.78 is 11.4. The molecule has 41 heavy (non-hydrogen) atoms. The third-order valence-electron chi connectivity index (χ3n) is 8.59. The van der Waals surface area contributed by atoms with E-state index in [1.807, 2.05) is 12.3 Å². The van der Waals surface area contributed by atoms with Crippen LogP contribution in [0.4, 0.5) is 4.79 Å². The molecule has 2 aromatic carbocycles. The van der Waals surface area contributed by atoms with Gasteiger partial charge in [-0.05, 0) is 68.0 Å². The van der Waals surface area contributed by atoms with Crippen molar-refractivity contribution in [1.82, 2.24) is 19.7 Å². The maximum absolute atomic E-state index is 13.9.